The zero-order valence-electron chi connectivity index (χ0n) is 15.0. The minimum Gasteiger partial charge on any atom is -0.508 e. The van der Waals surface area contributed by atoms with Gasteiger partial charge in [0.2, 0.25) is 5.91 Å². The van der Waals surface area contributed by atoms with Crippen molar-refractivity contribution >= 4 is 23.9 Å². The van der Waals surface area contributed by atoms with Crippen LogP contribution in [0.1, 0.15) is 18.1 Å². The van der Waals surface area contributed by atoms with Crippen molar-refractivity contribution in [2.24, 2.45) is 0 Å². The van der Waals surface area contributed by atoms with Gasteiger partial charge in [-0.2, -0.15) is 0 Å². The zero-order valence-corrected chi connectivity index (χ0v) is 15.0. The number of nitrogens with one attached hydrogen (secondary N) is 2. The SMILES string of the molecule is CC(=O)N/C(=C\c1ccc(F)cc1)C(=O)NC(Cc1ccc(O)cc1)C(=O)O. The average Bonchev–Trinajstić information content (AvgIpc) is 2.63. The highest BCUT2D eigenvalue weighted by atomic mass is 19.1. The number of phenols is 1. The largest absolute Gasteiger partial charge is 0.508 e. The van der Waals surface area contributed by atoms with Crippen LogP contribution in [0.2, 0.25) is 0 Å². The second kappa shape index (κ2) is 9.31. The molecule has 2 aromatic carbocycles. The average molecular weight is 386 g/mol. The van der Waals surface area contributed by atoms with Crippen LogP contribution in [-0.2, 0) is 20.8 Å². The van der Waals surface area contributed by atoms with E-state index in [2.05, 4.69) is 10.6 Å². The first-order valence-electron chi connectivity index (χ1n) is 8.31. The third-order valence-corrected chi connectivity index (χ3v) is 3.72. The molecule has 2 amide bonds. The van der Waals surface area contributed by atoms with Gasteiger partial charge in [-0.15, -0.1) is 0 Å². The minimum atomic E-state index is -1.26. The Morgan fingerprint density at radius 1 is 1.07 bits per heavy atom. The molecule has 0 spiro atoms. The van der Waals surface area contributed by atoms with E-state index in [9.17, 15) is 29.0 Å². The molecule has 0 aromatic heterocycles. The molecule has 2 aromatic rings. The predicted molar refractivity (Wildman–Crippen MR) is 99.6 cm³/mol. The van der Waals surface area contributed by atoms with E-state index in [1.54, 1.807) is 12.1 Å². The Morgan fingerprint density at radius 3 is 2.21 bits per heavy atom. The monoisotopic (exact) mass is 386 g/mol. The number of aromatic hydroxyl groups is 1. The Morgan fingerprint density at radius 2 is 1.68 bits per heavy atom. The Hall–Kier alpha value is -3.68. The van der Waals surface area contributed by atoms with Crippen LogP contribution in [0.5, 0.6) is 5.75 Å². The van der Waals surface area contributed by atoms with E-state index >= 15 is 0 Å². The number of rotatable bonds is 7. The fraction of sp³-hybridized carbons (Fsp3) is 0.150. The van der Waals surface area contributed by atoms with E-state index in [0.717, 1.165) is 0 Å². The molecule has 0 saturated carbocycles. The number of aliphatic carboxylic acids is 1. The second-order valence-corrected chi connectivity index (χ2v) is 6.03. The van der Waals surface area contributed by atoms with Crippen LogP contribution in [-0.4, -0.2) is 34.0 Å². The van der Waals surface area contributed by atoms with Crippen LogP contribution in [0.15, 0.2) is 54.2 Å². The Balaban J connectivity index is 2.21. The van der Waals surface area contributed by atoms with Gasteiger partial charge in [0.15, 0.2) is 0 Å². The van der Waals surface area contributed by atoms with Crippen molar-refractivity contribution in [1.82, 2.24) is 10.6 Å². The summed E-state index contributed by atoms with van der Waals surface area (Å²) in [5.74, 6) is -3.00. The van der Waals surface area contributed by atoms with Gasteiger partial charge >= 0.3 is 5.97 Å². The number of carboxylic acids is 1. The molecular formula is C20H19FN2O5. The summed E-state index contributed by atoms with van der Waals surface area (Å²) in [6.07, 6.45) is 1.29. The molecule has 1 atom stereocenters. The van der Waals surface area contributed by atoms with E-state index in [4.69, 9.17) is 0 Å². The normalized spacial score (nSPS) is 12.1. The summed E-state index contributed by atoms with van der Waals surface area (Å²) in [6.45, 7) is 1.21. The molecule has 146 valence electrons. The number of hydrogen-bond acceptors (Lipinski definition) is 4. The standard InChI is InChI=1S/C20H19FN2O5/c1-12(24)22-17(10-13-2-6-15(21)7-3-13)19(26)23-18(20(27)28)11-14-4-8-16(25)9-5-14/h2-10,18,25H,11H2,1H3,(H,22,24)(H,23,26)(H,27,28)/b17-10-. The van der Waals surface area contributed by atoms with Gasteiger partial charge in [-0.3, -0.25) is 9.59 Å². The number of carbonyl (C=O) groups is 3. The van der Waals surface area contributed by atoms with Gasteiger partial charge in [-0.1, -0.05) is 24.3 Å². The molecule has 28 heavy (non-hydrogen) atoms. The number of halogens is 1. The predicted octanol–water partition coefficient (Wildman–Crippen LogP) is 1.82. The van der Waals surface area contributed by atoms with Gasteiger partial charge in [0.1, 0.15) is 23.3 Å². The fourth-order valence-electron chi connectivity index (χ4n) is 2.38. The highest BCUT2D eigenvalue weighted by Gasteiger charge is 2.23. The first-order valence-corrected chi connectivity index (χ1v) is 8.31. The molecule has 0 aliphatic heterocycles. The lowest BCUT2D eigenvalue weighted by Gasteiger charge is -2.16. The van der Waals surface area contributed by atoms with Crippen LogP contribution in [0, 0.1) is 5.82 Å². The smallest absolute Gasteiger partial charge is 0.326 e. The summed E-state index contributed by atoms with van der Waals surface area (Å²) >= 11 is 0. The fourth-order valence-corrected chi connectivity index (χ4v) is 2.38. The zero-order chi connectivity index (χ0) is 20.7. The molecule has 0 fully saturated rings. The molecular weight excluding hydrogens is 367 g/mol. The lowest BCUT2D eigenvalue weighted by atomic mass is 10.1. The van der Waals surface area contributed by atoms with Gasteiger partial charge in [-0.05, 0) is 41.5 Å². The van der Waals surface area contributed by atoms with E-state index in [0.29, 0.717) is 11.1 Å². The third-order valence-electron chi connectivity index (χ3n) is 3.72. The highest BCUT2D eigenvalue weighted by Crippen LogP contribution is 2.12. The number of hydrogen-bond donors (Lipinski definition) is 4. The Labute approximate surface area is 160 Å². The van der Waals surface area contributed by atoms with Gasteiger partial charge in [-0.25, -0.2) is 9.18 Å². The third kappa shape index (κ3) is 6.24. The van der Waals surface area contributed by atoms with E-state index in [1.165, 1.54) is 49.4 Å². The molecule has 2 rings (SSSR count). The van der Waals surface area contributed by atoms with E-state index in [-0.39, 0.29) is 17.9 Å². The van der Waals surface area contributed by atoms with Crippen molar-refractivity contribution in [3.63, 3.8) is 0 Å². The van der Waals surface area contributed by atoms with Crippen molar-refractivity contribution in [3.05, 3.63) is 71.2 Å². The van der Waals surface area contributed by atoms with Crippen molar-refractivity contribution in [1.29, 1.82) is 0 Å². The summed E-state index contributed by atoms with van der Waals surface area (Å²) < 4.78 is 13.0. The molecule has 7 nitrogen and oxygen atoms in total. The number of benzene rings is 2. The number of amides is 2. The number of carbonyl (C=O) groups excluding carboxylic acids is 2. The van der Waals surface area contributed by atoms with Gasteiger partial charge in [0.25, 0.3) is 5.91 Å². The molecule has 0 radical (unpaired) electrons. The molecule has 0 heterocycles. The van der Waals surface area contributed by atoms with Gasteiger partial charge in [0.05, 0.1) is 0 Å². The molecule has 1 unspecified atom stereocenters. The van der Waals surface area contributed by atoms with Crippen molar-refractivity contribution in [2.75, 3.05) is 0 Å². The molecule has 8 heteroatoms. The molecule has 0 aliphatic carbocycles. The lowest BCUT2D eigenvalue weighted by Crippen LogP contribution is -2.45. The summed E-state index contributed by atoms with van der Waals surface area (Å²) in [7, 11) is 0. The second-order valence-electron chi connectivity index (χ2n) is 6.03. The van der Waals surface area contributed by atoms with Crippen molar-refractivity contribution < 1.29 is 29.0 Å². The lowest BCUT2D eigenvalue weighted by molar-refractivity contribution is -0.141. The van der Waals surface area contributed by atoms with Crippen LogP contribution >= 0.6 is 0 Å². The van der Waals surface area contributed by atoms with Crippen LogP contribution < -0.4 is 10.6 Å². The van der Waals surface area contributed by atoms with Crippen molar-refractivity contribution in [3.8, 4) is 5.75 Å². The topological polar surface area (TPSA) is 116 Å². The molecule has 4 N–H and O–H groups in total. The Bertz CT molecular complexity index is 892. The van der Waals surface area contributed by atoms with Gasteiger partial charge < -0.3 is 20.8 Å². The van der Waals surface area contributed by atoms with Crippen molar-refractivity contribution in [2.45, 2.75) is 19.4 Å². The number of carboxylic acid groups (broad SMARTS) is 1. The number of phenolic OH excluding ortho intramolecular Hbond substituents is 1. The summed E-state index contributed by atoms with van der Waals surface area (Å²) in [5.41, 5.74) is 0.871. The molecule has 0 saturated heterocycles. The van der Waals surface area contributed by atoms with Gasteiger partial charge in [0, 0.05) is 13.3 Å². The van der Waals surface area contributed by atoms with Crippen LogP contribution in [0.3, 0.4) is 0 Å². The van der Waals surface area contributed by atoms with E-state index in [1.807, 2.05) is 0 Å². The maximum absolute atomic E-state index is 13.0. The van der Waals surface area contributed by atoms with Crippen LogP contribution in [0.25, 0.3) is 6.08 Å². The summed E-state index contributed by atoms with van der Waals surface area (Å²) in [4.78, 5) is 35.5. The quantitative estimate of drug-likeness (QED) is 0.542. The first kappa shape index (κ1) is 20.6. The Kier molecular flexibility index (Phi) is 6.86. The summed E-state index contributed by atoms with van der Waals surface area (Å²) in [6, 6.07) is 9.86. The molecule has 0 aliphatic rings. The van der Waals surface area contributed by atoms with Crippen LogP contribution in [0.4, 0.5) is 4.39 Å². The van der Waals surface area contributed by atoms with E-state index < -0.39 is 29.6 Å². The maximum Gasteiger partial charge on any atom is 0.326 e. The summed E-state index contributed by atoms with van der Waals surface area (Å²) in [5, 5.41) is 23.4. The highest BCUT2D eigenvalue weighted by molar-refractivity contribution is 6.02. The minimum absolute atomic E-state index is 0.0226. The maximum atomic E-state index is 13.0. The molecule has 0 bridgehead atoms. The first-order chi connectivity index (χ1) is 13.2.